The number of aromatic nitrogens is 1. The highest BCUT2D eigenvalue weighted by molar-refractivity contribution is 6.21. The molecule has 0 aliphatic carbocycles. The van der Waals surface area contributed by atoms with Gasteiger partial charge in [0, 0.05) is 48.6 Å². The van der Waals surface area contributed by atoms with E-state index in [0.717, 1.165) is 0 Å². The van der Waals surface area contributed by atoms with Crippen molar-refractivity contribution in [2.45, 2.75) is 0 Å². The Kier molecular flexibility index (Phi) is 3.48. The van der Waals surface area contributed by atoms with Gasteiger partial charge in [0.2, 0.25) is 0 Å². The summed E-state index contributed by atoms with van der Waals surface area (Å²) in [6, 6.07) is 28.7. The van der Waals surface area contributed by atoms with E-state index in [0.29, 0.717) is 0 Å². The first-order chi connectivity index (χ1) is 13.1. The van der Waals surface area contributed by atoms with Gasteiger partial charge in [0.15, 0.2) is 0 Å². The van der Waals surface area contributed by atoms with E-state index >= 15 is 0 Å². The van der Waals surface area contributed by atoms with Gasteiger partial charge in [0.05, 0.1) is 0 Å². The molecule has 0 amide bonds. The molecule has 5 aromatic rings. The lowest BCUT2D eigenvalue weighted by atomic mass is 10.00. The standard InChI is InChI=1S/C25H22N2/c1-26(2)20-9-6-8-18(15-20)19-12-13-23-22(16-19)25-21-10-5-4-7-17(21)11-14-24(25)27(23)3/h4-16H,1-3H3. The molecule has 0 saturated heterocycles. The van der Waals surface area contributed by atoms with Crippen LogP contribution in [-0.4, -0.2) is 18.7 Å². The van der Waals surface area contributed by atoms with Crippen molar-refractivity contribution in [2.75, 3.05) is 19.0 Å². The molecule has 0 spiro atoms. The van der Waals surface area contributed by atoms with E-state index in [1.54, 1.807) is 0 Å². The molecule has 5 rings (SSSR count). The van der Waals surface area contributed by atoms with Crippen LogP contribution in [0.4, 0.5) is 5.69 Å². The van der Waals surface area contributed by atoms with Crippen molar-refractivity contribution in [3.8, 4) is 11.1 Å². The van der Waals surface area contributed by atoms with Crippen LogP contribution in [0.3, 0.4) is 0 Å². The summed E-state index contributed by atoms with van der Waals surface area (Å²) in [4.78, 5) is 2.15. The van der Waals surface area contributed by atoms with Crippen LogP contribution in [-0.2, 0) is 7.05 Å². The molecular weight excluding hydrogens is 328 g/mol. The van der Waals surface area contributed by atoms with Gasteiger partial charge in [0.1, 0.15) is 0 Å². The number of hydrogen-bond donors (Lipinski definition) is 0. The first kappa shape index (κ1) is 16.0. The lowest BCUT2D eigenvalue weighted by molar-refractivity contribution is 1.01. The van der Waals surface area contributed by atoms with Gasteiger partial charge in [0.25, 0.3) is 0 Å². The van der Waals surface area contributed by atoms with Crippen LogP contribution >= 0.6 is 0 Å². The fourth-order valence-electron chi connectivity index (χ4n) is 4.12. The van der Waals surface area contributed by atoms with E-state index in [4.69, 9.17) is 0 Å². The molecule has 1 heterocycles. The molecule has 0 aliphatic heterocycles. The Morgan fingerprint density at radius 3 is 2.30 bits per heavy atom. The van der Waals surface area contributed by atoms with Gasteiger partial charge in [-0.2, -0.15) is 0 Å². The van der Waals surface area contributed by atoms with E-state index in [1.165, 1.54) is 49.4 Å². The highest BCUT2D eigenvalue weighted by Gasteiger charge is 2.12. The number of benzene rings is 4. The Bertz CT molecular complexity index is 1310. The van der Waals surface area contributed by atoms with Crippen LogP contribution in [0.2, 0.25) is 0 Å². The predicted octanol–water partition coefficient (Wildman–Crippen LogP) is 6.22. The van der Waals surface area contributed by atoms with Gasteiger partial charge in [-0.3, -0.25) is 0 Å². The normalized spacial score (nSPS) is 11.5. The second-order valence-electron chi connectivity index (χ2n) is 7.42. The monoisotopic (exact) mass is 350 g/mol. The molecule has 0 aliphatic rings. The minimum Gasteiger partial charge on any atom is -0.378 e. The first-order valence-electron chi connectivity index (χ1n) is 9.31. The van der Waals surface area contributed by atoms with E-state index in [9.17, 15) is 0 Å². The first-order valence-corrected chi connectivity index (χ1v) is 9.31. The molecule has 27 heavy (non-hydrogen) atoms. The van der Waals surface area contributed by atoms with Gasteiger partial charge >= 0.3 is 0 Å². The zero-order valence-electron chi connectivity index (χ0n) is 15.9. The SMILES string of the molecule is CN(C)c1cccc(-c2ccc3c(c2)c2c4ccccc4ccc2n3C)c1. The van der Waals surface area contributed by atoms with Crippen LogP contribution in [0.25, 0.3) is 43.7 Å². The highest BCUT2D eigenvalue weighted by atomic mass is 15.1. The second-order valence-corrected chi connectivity index (χ2v) is 7.42. The molecule has 0 atom stereocenters. The summed E-state index contributed by atoms with van der Waals surface area (Å²) in [6.45, 7) is 0. The van der Waals surface area contributed by atoms with Crippen molar-refractivity contribution in [3.63, 3.8) is 0 Å². The summed E-state index contributed by atoms with van der Waals surface area (Å²) in [5.41, 5.74) is 6.28. The van der Waals surface area contributed by atoms with Crippen LogP contribution in [0.1, 0.15) is 0 Å². The van der Waals surface area contributed by atoms with Crippen molar-refractivity contribution in [1.29, 1.82) is 0 Å². The molecule has 2 heteroatoms. The molecule has 0 bridgehead atoms. The van der Waals surface area contributed by atoms with Crippen LogP contribution in [0.15, 0.2) is 78.9 Å². The highest BCUT2D eigenvalue weighted by Crippen LogP contribution is 2.36. The molecule has 4 aromatic carbocycles. The summed E-state index contributed by atoms with van der Waals surface area (Å²) < 4.78 is 2.30. The van der Waals surface area contributed by atoms with Gasteiger partial charge in [-0.05, 0) is 52.2 Å². The molecule has 0 radical (unpaired) electrons. The maximum atomic E-state index is 2.35. The fraction of sp³-hybridized carbons (Fsp3) is 0.120. The number of rotatable bonds is 2. The Balaban J connectivity index is 1.84. The number of anilines is 1. The second kappa shape index (κ2) is 5.88. The maximum Gasteiger partial charge on any atom is 0.0495 e. The fourth-order valence-corrected chi connectivity index (χ4v) is 4.12. The molecule has 0 fully saturated rings. The third-order valence-electron chi connectivity index (χ3n) is 5.59. The molecule has 0 unspecified atom stereocenters. The summed E-state index contributed by atoms with van der Waals surface area (Å²) in [5.74, 6) is 0. The van der Waals surface area contributed by atoms with E-state index in [2.05, 4.69) is 109 Å². The van der Waals surface area contributed by atoms with Crippen molar-refractivity contribution >= 4 is 38.3 Å². The number of fused-ring (bicyclic) bond motifs is 5. The molecule has 0 N–H and O–H groups in total. The maximum absolute atomic E-state index is 2.35. The minimum atomic E-state index is 1.22. The number of aryl methyl sites for hydroxylation is 1. The van der Waals surface area contributed by atoms with Gasteiger partial charge < -0.3 is 9.47 Å². The summed E-state index contributed by atoms with van der Waals surface area (Å²) in [6.07, 6.45) is 0. The largest absolute Gasteiger partial charge is 0.378 e. The van der Waals surface area contributed by atoms with Crippen LogP contribution in [0.5, 0.6) is 0 Å². The zero-order chi connectivity index (χ0) is 18.5. The molecule has 1 aromatic heterocycles. The Morgan fingerprint density at radius 2 is 1.44 bits per heavy atom. The topological polar surface area (TPSA) is 8.17 Å². The molecular formula is C25H22N2. The molecule has 2 nitrogen and oxygen atoms in total. The lowest BCUT2D eigenvalue weighted by Crippen LogP contribution is -2.08. The van der Waals surface area contributed by atoms with Crippen molar-refractivity contribution in [1.82, 2.24) is 4.57 Å². The zero-order valence-corrected chi connectivity index (χ0v) is 15.9. The van der Waals surface area contributed by atoms with Crippen molar-refractivity contribution < 1.29 is 0 Å². The molecule has 0 saturated carbocycles. The third-order valence-corrected chi connectivity index (χ3v) is 5.59. The predicted molar refractivity (Wildman–Crippen MR) is 118 cm³/mol. The summed E-state index contributed by atoms with van der Waals surface area (Å²) >= 11 is 0. The van der Waals surface area contributed by atoms with Crippen molar-refractivity contribution in [3.05, 3.63) is 78.9 Å². The quantitative estimate of drug-likeness (QED) is 0.367. The van der Waals surface area contributed by atoms with Gasteiger partial charge in [-0.1, -0.05) is 48.5 Å². The smallest absolute Gasteiger partial charge is 0.0495 e. The average molecular weight is 350 g/mol. The third kappa shape index (κ3) is 2.41. The Labute approximate surface area is 159 Å². The van der Waals surface area contributed by atoms with E-state index < -0.39 is 0 Å². The van der Waals surface area contributed by atoms with Crippen molar-refractivity contribution in [2.24, 2.45) is 7.05 Å². The number of hydrogen-bond acceptors (Lipinski definition) is 1. The average Bonchev–Trinajstić information content (AvgIpc) is 3.00. The Morgan fingerprint density at radius 1 is 0.667 bits per heavy atom. The van der Waals surface area contributed by atoms with Crippen LogP contribution < -0.4 is 4.90 Å². The van der Waals surface area contributed by atoms with Crippen LogP contribution in [0, 0.1) is 0 Å². The van der Waals surface area contributed by atoms with E-state index in [1.807, 2.05) is 0 Å². The lowest BCUT2D eigenvalue weighted by Gasteiger charge is -2.13. The number of nitrogens with zero attached hydrogens (tertiary/aromatic N) is 2. The molecule has 132 valence electrons. The van der Waals surface area contributed by atoms with Gasteiger partial charge in [-0.25, -0.2) is 0 Å². The summed E-state index contributed by atoms with van der Waals surface area (Å²) in [7, 11) is 6.32. The minimum absolute atomic E-state index is 1.22. The summed E-state index contributed by atoms with van der Waals surface area (Å²) in [5, 5.41) is 5.27. The Hall–Kier alpha value is -3.26. The van der Waals surface area contributed by atoms with E-state index in [-0.39, 0.29) is 0 Å². The van der Waals surface area contributed by atoms with Gasteiger partial charge in [-0.15, -0.1) is 0 Å².